The number of hydrogen-bond acceptors (Lipinski definition) is 2. The van der Waals surface area contributed by atoms with E-state index in [-0.39, 0.29) is 11.7 Å². The number of benzene rings is 1. The van der Waals surface area contributed by atoms with Crippen LogP contribution >= 0.6 is 0 Å². The second kappa shape index (κ2) is 5.24. The van der Waals surface area contributed by atoms with Gasteiger partial charge in [0.25, 0.3) is 5.91 Å². The number of anilines is 2. The van der Waals surface area contributed by atoms with E-state index in [9.17, 15) is 9.18 Å². The molecule has 1 aliphatic rings. The van der Waals surface area contributed by atoms with Crippen LogP contribution in [0.4, 0.5) is 15.8 Å². The average molecular weight is 287 g/mol. The number of H-pyrrole nitrogens is 1. The molecule has 1 aliphatic heterocycles. The summed E-state index contributed by atoms with van der Waals surface area (Å²) >= 11 is 0. The first-order valence-electron chi connectivity index (χ1n) is 7.04. The molecule has 2 heterocycles. The molecule has 0 atom stereocenters. The number of halogens is 1. The molecule has 3 rings (SSSR count). The van der Waals surface area contributed by atoms with E-state index in [1.54, 1.807) is 23.2 Å². The van der Waals surface area contributed by atoms with Crippen molar-refractivity contribution in [3.8, 4) is 0 Å². The van der Waals surface area contributed by atoms with Gasteiger partial charge in [-0.1, -0.05) is 0 Å². The van der Waals surface area contributed by atoms with Crippen LogP contribution in [0.25, 0.3) is 0 Å². The van der Waals surface area contributed by atoms with Crippen LogP contribution in [-0.4, -0.2) is 31.0 Å². The zero-order chi connectivity index (χ0) is 15.0. The summed E-state index contributed by atoms with van der Waals surface area (Å²) in [5.41, 5.74) is 2.99. The minimum atomic E-state index is -0.326. The fourth-order valence-electron chi connectivity index (χ4n) is 2.78. The van der Waals surface area contributed by atoms with E-state index >= 15 is 0 Å². The Hall–Kier alpha value is -2.30. The minimum absolute atomic E-state index is 0.0871. The maximum atomic E-state index is 13.7. The van der Waals surface area contributed by atoms with Gasteiger partial charge in [-0.25, -0.2) is 4.39 Å². The maximum Gasteiger partial charge on any atom is 0.260 e. The summed E-state index contributed by atoms with van der Waals surface area (Å²) in [6.45, 7) is 3.29. The Kier molecular flexibility index (Phi) is 3.41. The molecule has 0 unspecified atom stereocenters. The van der Waals surface area contributed by atoms with Gasteiger partial charge in [0.1, 0.15) is 5.82 Å². The second-order valence-electron chi connectivity index (χ2n) is 5.38. The summed E-state index contributed by atoms with van der Waals surface area (Å²) in [5.74, 6) is -0.413. The molecule has 5 heteroatoms. The molecule has 21 heavy (non-hydrogen) atoms. The van der Waals surface area contributed by atoms with Gasteiger partial charge in [0, 0.05) is 32.0 Å². The topological polar surface area (TPSA) is 39.3 Å². The summed E-state index contributed by atoms with van der Waals surface area (Å²) in [4.78, 5) is 19.5. The van der Waals surface area contributed by atoms with Gasteiger partial charge >= 0.3 is 0 Å². The van der Waals surface area contributed by atoms with Gasteiger partial charge in [-0.3, -0.25) is 4.79 Å². The van der Waals surface area contributed by atoms with E-state index in [2.05, 4.69) is 9.88 Å². The summed E-state index contributed by atoms with van der Waals surface area (Å²) in [6, 6.07) is 6.38. The Morgan fingerprint density at radius 1 is 1.24 bits per heavy atom. The average Bonchev–Trinajstić information content (AvgIpc) is 2.81. The number of amides is 1. The number of aromatic nitrogens is 1. The molecule has 110 valence electrons. The van der Waals surface area contributed by atoms with Gasteiger partial charge < -0.3 is 14.8 Å². The minimum Gasteiger partial charge on any atom is -0.373 e. The third kappa shape index (κ3) is 2.39. The van der Waals surface area contributed by atoms with Crippen molar-refractivity contribution in [3.63, 3.8) is 0 Å². The monoisotopic (exact) mass is 287 g/mol. The highest BCUT2D eigenvalue weighted by Gasteiger charge is 2.26. The first kappa shape index (κ1) is 13.7. The Balaban J connectivity index is 2.07. The zero-order valence-electron chi connectivity index (χ0n) is 12.2. The largest absolute Gasteiger partial charge is 0.373 e. The number of nitrogens with one attached hydrogen (secondary N) is 1. The van der Waals surface area contributed by atoms with Gasteiger partial charge in [-0.2, -0.15) is 0 Å². The van der Waals surface area contributed by atoms with Crippen LogP contribution in [0.5, 0.6) is 0 Å². The fraction of sp³-hybridized carbons (Fsp3) is 0.312. The highest BCUT2D eigenvalue weighted by Crippen LogP contribution is 2.33. The molecule has 0 fully saturated rings. The summed E-state index contributed by atoms with van der Waals surface area (Å²) in [6.07, 6.45) is 2.60. The number of hydrogen-bond donors (Lipinski definition) is 1. The van der Waals surface area contributed by atoms with Crippen LogP contribution in [0.15, 0.2) is 30.5 Å². The van der Waals surface area contributed by atoms with Crippen molar-refractivity contribution in [2.75, 3.05) is 29.9 Å². The Morgan fingerprint density at radius 3 is 2.76 bits per heavy atom. The molecule has 2 aromatic rings. The van der Waals surface area contributed by atoms with Gasteiger partial charge in [0.05, 0.1) is 16.9 Å². The Bertz CT molecular complexity index is 680. The molecule has 1 amide bonds. The third-order valence-corrected chi connectivity index (χ3v) is 3.94. The third-order valence-electron chi connectivity index (χ3n) is 3.94. The summed E-state index contributed by atoms with van der Waals surface area (Å²) in [7, 11) is 1.96. The molecule has 0 bridgehead atoms. The smallest absolute Gasteiger partial charge is 0.260 e. The Morgan fingerprint density at radius 2 is 2.05 bits per heavy atom. The number of nitrogens with zero attached hydrogens (tertiary/aromatic N) is 2. The number of aromatic amines is 1. The van der Waals surface area contributed by atoms with E-state index in [1.165, 1.54) is 12.1 Å². The van der Waals surface area contributed by atoms with Crippen molar-refractivity contribution in [1.29, 1.82) is 0 Å². The van der Waals surface area contributed by atoms with Crippen LogP contribution < -0.4 is 9.80 Å². The van der Waals surface area contributed by atoms with Crippen molar-refractivity contribution in [2.45, 2.75) is 13.3 Å². The molecule has 1 aromatic heterocycles. The van der Waals surface area contributed by atoms with Crippen LogP contribution in [0.3, 0.4) is 0 Å². The molecule has 1 aromatic carbocycles. The van der Waals surface area contributed by atoms with E-state index in [0.29, 0.717) is 17.8 Å². The van der Waals surface area contributed by atoms with Crippen LogP contribution in [0, 0.1) is 12.7 Å². The zero-order valence-corrected chi connectivity index (χ0v) is 12.2. The highest BCUT2D eigenvalue weighted by atomic mass is 19.1. The van der Waals surface area contributed by atoms with E-state index in [4.69, 9.17) is 0 Å². The lowest BCUT2D eigenvalue weighted by molar-refractivity contribution is 0.0987. The quantitative estimate of drug-likeness (QED) is 0.876. The van der Waals surface area contributed by atoms with Gasteiger partial charge in [0.15, 0.2) is 0 Å². The normalized spacial score (nSPS) is 14.8. The van der Waals surface area contributed by atoms with E-state index in [1.807, 2.05) is 14.0 Å². The summed E-state index contributed by atoms with van der Waals surface area (Å²) < 4.78 is 13.7. The van der Waals surface area contributed by atoms with Crippen molar-refractivity contribution < 1.29 is 9.18 Å². The standard InChI is InChI=1S/C16H18FN3O/c1-11-13(6-7-18-11)16(21)20-9-3-8-19(2)14-5-4-12(17)10-15(14)20/h4-7,10,18H,3,8-9H2,1-2H3. The Labute approximate surface area is 123 Å². The van der Waals surface area contributed by atoms with Crippen molar-refractivity contribution in [3.05, 3.63) is 47.5 Å². The van der Waals surface area contributed by atoms with E-state index in [0.717, 1.165) is 24.3 Å². The lowest BCUT2D eigenvalue weighted by Crippen LogP contribution is -2.31. The predicted octanol–water partition coefficient (Wildman–Crippen LogP) is 2.95. The number of aryl methyl sites for hydroxylation is 1. The van der Waals surface area contributed by atoms with Crippen molar-refractivity contribution >= 4 is 17.3 Å². The van der Waals surface area contributed by atoms with Gasteiger partial charge in [-0.15, -0.1) is 0 Å². The first-order valence-corrected chi connectivity index (χ1v) is 7.04. The van der Waals surface area contributed by atoms with Gasteiger partial charge in [0.2, 0.25) is 0 Å². The number of rotatable bonds is 1. The maximum absolute atomic E-state index is 13.7. The number of fused-ring (bicyclic) bond motifs is 1. The molecule has 4 nitrogen and oxygen atoms in total. The molecule has 1 N–H and O–H groups in total. The molecular weight excluding hydrogens is 269 g/mol. The van der Waals surface area contributed by atoms with Crippen molar-refractivity contribution in [2.24, 2.45) is 0 Å². The molecular formula is C16H18FN3O. The van der Waals surface area contributed by atoms with Gasteiger partial charge in [-0.05, 0) is 37.6 Å². The second-order valence-corrected chi connectivity index (χ2v) is 5.38. The van der Waals surface area contributed by atoms with Crippen molar-refractivity contribution in [1.82, 2.24) is 4.98 Å². The summed E-state index contributed by atoms with van der Waals surface area (Å²) in [5, 5.41) is 0. The number of carbonyl (C=O) groups is 1. The molecule has 0 spiro atoms. The van der Waals surface area contributed by atoms with Crippen LogP contribution in [0.2, 0.25) is 0 Å². The number of carbonyl (C=O) groups excluding carboxylic acids is 1. The first-order chi connectivity index (χ1) is 10.1. The lowest BCUT2D eigenvalue weighted by Gasteiger charge is -2.24. The van der Waals surface area contributed by atoms with Crippen LogP contribution in [-0.2, 0) is 0 Å². The fourth-order valence-corrected chi connectivity index (χ4v) is 2.78. The van der Waals surface area contributed by atoms with Crippen LogP contribution in [0.1, 0.15) is 22.5 Å². The molecule has 0 radical (unpaired) electrons. The highest BCUT2D eigenvalue weighted by molar-refractivity contribution is 6.08. The molecule has 0 aliphatic carbocycles. The van der Waals surface area contributed by atoms with E-state index < -0.39 is 0 Å². The molecule has 0 saturated heterocycles. The lowest BCUT2D eigenvalue weighted by atomic mass is 10.1. The SMILES string of the molecule is Cc1[nH]ccc1C(=O)N1CCCN(C)c2ccc(F)cc21. The molecule has 0 saturated carbocycles. The predicted molar refractivity (Wildman–Crippen MR) is 81.5 cm³/mol.